The highest BCUT2D eigenvalue weighted by molar-refractivity contribution is 5.81. The van der Waals surface area contributed by atoms with E-state index < -0.39 is 12.0 Å². The zero-order valence-corrected chi connectivity index (χ0v) is 20.8. The van der Waals surface area contributed by atoms with Gasteiger partial charge < -0.3 is 9.47 Å². The number of esters is 1. The average Bonchev–Trinajstić information content (AvgIpc) is 3.15. The molecule has 0 N–H and O–H groups in total. The smallest absolute Gasteiger partial charge is 0.306 e. The van der Waals surface area contributed by atoms with Crippen molar-refractivity contribution in [2.45, 2.75) is 84.9 Å². The monoisotopic (exact) mass is 486 g/mol. The number of hydrogen-bond donors (Lipinski definition) is 0. The van der Waals surface area contributed by atoms with Gasteiger partial charge in [0.25, 0.3) is 6.43 Å². The maximum atomic E-state index is 13.9. The number of halogens is 2. The Bertz CT molecular complexity index is 1210. The average molecular weight is 487 g/mol. The van der Waals surface area contributed by atoms with Crippen LogP contribution >= 0.6 is 0 Å². The third-order valence-corrected chi connectivity index (χ3v) is 6.09. The minimum atomic E-state index is -2.76. The molecule has 1 aliphatic carbocycles. The van der Waals surface area contributed by atoms with Crippen LogP contribution in [0.15, 0.2) is 24.3 Å². The van der Waals surface area contributed by atoms with E-state index in [1.165, 1.54) is 4.57 Å². The summed E-state index contributed by atoms with van der Waals surface area (Å²) in [6.45, 7) is 9.15. The molecule has 0 bridgehead atoms. The number of nitrogens with zero attached hydrogens (tertiary/aromatic N) is 4. The topological polar surface area (TPSA) is 79.1 Å². The van der Waals surface area contributed by atoms with Crippen LogP contribution in [0.1, 0.15) is 76.5 Å². The second-order valence-electron chi connectivity index (χ2n) is 10.2. The fourth-order valence-corrected chi connectivity index (χ4v) is 4.59. The van der Waals surface area contributed by atoms with Crippen molar-refractivity contribution in [1.82, 2.24) is 19.5 Å². The standard InChI is InChI=1S/C26H32F2N4O3/c1-15-7-6-8-19-23(15)31-25(24(27)28)32(19)20-14-21(30-16(2)29-20)34-18-11-9-17(10-12-18)13-22(33)35-26(3,4)5/h6-8,14,17-18,24H,9-13H2,1-5H3. The van der Waals surface area contributed by atoms with Crippen LogP contribution in [-0.2, 0) is 9.53 Å². The van der Waals surface area contributed by atoms with Crippen molar-refractivity contribution in [1.29, 1.82) is 0 Å². The van der Waals surface area contributed by atoms with Crippen molar-refractivity contribution < 1.29 is 23.0 Å². The summed E-state index contributed by atoms with van der Waals surface area (Å²) in [5.74, 6) is 0.802. The van der Waals surface area contributed by atoms with E-state index in [0.29, 0.717) is 35.0 Å². The number of rotatable bonds is 6. The fraction of sp³-hybridized carbons (Fsp3) is 0.538. The molecule has 0 unspecified atom stereocenters. The molecule has 1 aliphatic rings. The van der Waals surface area contributed by atoms with Crippen molar-refractivity contribution in [3.8, 4) is 11.7 Å². The first-order valence-electron chi connectivity index (χ1n) is 12.0. The molecule has 35 heavy (non-hydrogen) atoms. The Morgan fingerprint density at radius 1 is 1.11 bits per heavy atom. The molecular weight excluding hydrogens is 454 g/mol. The second kappa shape index (κ2) is 9.87. The summed E-state index contributed by atoms with van der Waals surface area (Å²) in [4.78, 5) is 25.1. The maximum absolute atomic E-state index is 13.9. The van der Waals surface area contributed by atoms with E-state index in [0.717, 1.165) is 31.2 Å². The molecule has 1 aromatic carbocycles. The molecule has 0 radical (unpaired) electrons. The van der Waals surface area contributed by atoms with Gasteiger partial charge in [-0.15, -0.1) is 0 Å². The lowest BCUT2D eigenvalue weighted by atomic mass is 9.85. The first-order valence-corrected chi connectivity index (χ1v) is 12.0. The zero-order chi connectivity index (χ0) is 25.3. The van der Waals surface area contributed by atoms with Crippen molar-refractivity contribution in [2.75, 3.05) is 0 Å². The Balaban J connectivity index is 1.50. The molecule has 2 aromatic heterocycles. The predicted octanol–water partition coefficient (Wildman–Crippen LogP) is 6.04. The highest BCUT2D eigenvalue weighted by Gasteiger charge is 2.27. The van der Waals surface area contributed by atoms with Gasteiger partial charge in [-0.3, -0.25) is 9.36 Å². The normalized spacial score (nSPS) is 18.7. The van der Waals surface area contributed by atoms with Crippen LogP contribution in [0.2, 0.25) is 0 Å². The van der Waals surface area contributed by atoms with E-state index in [1.54, 1.807) is 19.1 Å². The predicted molar refractivity (Wildman–Crippen MR) is 128 cm³/mol. The van der Waals surface area contributed by atoms with E-state index in [4.69, 9.17) is 9.47 Å². The lowest BCUT2D eigenvalue weighted by Crippen LogP contribution is -2.29. The molecule has 0 amide bonds. The van der Waals surface area contributed by atoms with Crippen molar-refractivity contribution >= 4 is 17.0 Å². The van der Waals surface area contributed by atoms with Crippen LogP contribution < -0.4 is 4.74 Å². The first-order chi connectivity index (χ1) is 16.5. The van der Waals surface area contributed by atoms with Gasteiger partial charge in [0.05, 0.1) is 11.0 Å². The summed E-state index contributed by atoms with van der Waals surface area (Å²) in [7, 11) is 0. The van der Waals surface area contributed by atoms with Gasteiger partial charge in [0, 0.05) is 12.5 Å². The Morgan fingerprint density at radius 3 is 2.49 bits per heavy atom. The van der Waals surface area contributed by atoms with E-state index in [9.17, 15) is 13.6 Å². The number of imidazole rings is 1. The quantitative estimate of drug-likeness (QED) is 0.395. The summed E-state index contributed by atoms with van der Waals surface area (Å²) < 4.78 is 40.7. The fourth-order valence-electron chi connectivity index (χ4n) is 4.59. The van der Waals surface area contributed by atoms with Crippen LogP contribution in [0.5, 0.6) is 5.88 Å². The Hall–Kier alpha value is -3.10. The highest BCUT2D eigenvalue weighted by atomic mass is 19.3. The van der Waals surface area contributed by atoms with Gasteiger partial charge in [-0.2, -0.15) is 4.98 Å². The minimum absolute atomic E-state index is 0.0663. The molecule has 0 spiro atoms. The number of carbonyl (C=O) groups excluding carboxylic acids is 1. The Kier molecular flexibility index (Phi) is 7.05. The number of para-hydroxylation sites is 1. The van der Waals surface area contributed by atoms with E-state index in [-0.39, 0.29) is 23.8 Å². The minimum Gasteiger partial charge on any atom is -0.474 e. The number of alkyl halides is 2. The summed E-state index contributed by atoms with van der Waals surface area (Å²) in [6.07, 6.45) is 0.835. The van der Waals surface area contributed by atoms with Gasteiger partial charge in [0.2, 0.25) is 5.88 Å². The number of fused-ring (bicyclic) bond motifs is 1. The van der Waals surface area contributed by atoms with Crippen molar-refractivity contribution in [3.63, 3.8) is 0 Å². The summed E-state index contributed by atoms with van der Waals surface area (Å²) in [5, 5.41) is 0. The molecule has 3 aromatic rings. The number of benzene rings is 1. The zero-order valence-electron chi connectivity index (χ0n) is 20.8. The molecule has 1 saturated carbocycles. The second-order valence-corrected chi connectivity index (χ2v) is 10.2. The summed E-state index contributed by atoms with van der Waals surface area (Å²) >= 11 is 0. The van der Waals surface area contributed by atoms with Gasteiger partial charge in [-0.25, -0.2) is 18.7 Å². The van der Waals surface area contributed by atoms with Gasteiger partial charge >= 0.3 is 5.97 Å². The Labute approximate surface area is 203 Å². The first kappa shape index (κ1) is 25.0. The number of aryl methyl sites for hydroxylation is 2. The molecule has 9 heteroatoms. The lowest BCUT2D eigenvalue weighted by Gasteiger charge is -2.29. The summed E-state index contributed by atoms with van der Waals surface area (Å²) in [5.41, 5.74) is 1.41. The van der Waals surface area contributed by atoms with Gasteiger partial charge in [-0.05, 0) is 77.8 Å². The van der Waals surface area contributed by atoms with Gasteiger partial charge in [0.1, 0.15) is 23.3 Å². The number of aromatic nitrogens is 4. The third-order valence-electron chi connectivity index (χ3n) is 6.09. The summed E-state index contributed by atoms with van der Waals surface area (Å²) in [6, 6.07) is 7.00. The maximum Gasteiger partial charge on any atom is 0.306 e. The molecule has 2 heterocycles. The van der Waals surface area contributed by atoms with Gasteiger partial charge in [0.15, 0.2) is 5.82 Å². The molecule has 188 valence electrons. The molecule has 0 aliphatic heterocycles. The van der Waals surface area contributed by atoms with Crippen molar-refractivity contribution in [3.05, 3.63) is 41.5 Å². The Morgan fingerprint density at radius 2 is 1.83 bits per heavy atom. The molecule has 4 rings (SSSR count). The van der Waals surface area contributed by atoms with Crippen molar-refractivity contribution in [2.24, 2.45) is 5.92 Å². The lowest BCUT2D eigenvalue weighted by molar-refractivity contribution is -0.156. The molecule has 0 saturated heterocycles. The van der Waals surface area contributed by atoms with Crippen LogP contribution in [0, 0.1) is 19.8 Å². The van der Waals surface area contributed by atoms with Crippen LogP contribution in [0.4, 0.5) is 8.78 Å². The highest BCUT2D eigenvalue weighted by Crippen LogP contribution is 2.32. The van der Waals surface area contributed by atoms with E-state index >= 15 is 0 Å². The number of hydrogen-bond acceptors (Lipinski definition) is 6. The van der Waals surface area contributed by atoms with E-state index in [2.05, 4.69) is 15.0 Å². The SMILES string of the molecule is Cc1nc(OC2CCC(CC(=O)OC(C)(C)C)CC2)cc(-n2c(C(F)F)nc3c(C)cccc32)n1. The van der Waals surface area contributed by atoms with Crippen LogP contribution in [0.3, 0.4) is 0 Å². The van der Waals surface area contributed by atoms with Gasteiger partial charge in [-0.1, -0.05) is 12.1 Å². The molecule has 7 nitrogen and oxygen atoms in total. The molecular formula is C26H32F2N4O3. The largest absolute Gasteiger partial charge is 0.474 e. The molecule has 1 fully saturated rings. The van der Waals surface area contributed by atoms with E-state index in [1.807, 2.05) is 39.8 Å². The van der Waals surface area contributed by atoms with Crippen LogP contribution in [0.25, 0.3) is 16.9 Å². The third kappa shape index (κ3) is 5.94. The number of ether oxygens (including phenoxy) is 2. The van der Waals surface area contributed by atoms with Crippen LogP contribution in [-0.4, -0.2) is 37.2 Å². The number of carbonyl (C=O) groups is 1. The molecule has 0 atom stereocenters.